The van der Waals surface area contributed by atoms with Crippen LogP contribution in [0.5, 0.6) is 0 Å². The highest BCUT2D eigenvalue weighted by Crippen LogP contribution is 2.28. The Bertz CT molecular complexity index is 462. The average Bonchev–Trinajstić information content (AvgIpc) is 2.84. The molecule has 4 rings (SSSR count). The molecule has 4 aliphatic rings. The highest BCUT2D eigenvalue weighted by molar-refractivity contribution is 4.78. The topological polar surface area (TPSA) is 22.2 Å². The Morgan fingerprint density at radius 3 is 1.48 bits per heavy atom. The fourth-order valence-electron chi connectivity index (χ4n) is 6.28. The first-order valence-corrected chi connectivity index (χ1v) is 13.8. The summed E-state index contributed by atoms with van der Waals surface area (Å²) in [5, 5.41) is 0. The van der Waals surface area contributed by atoms with Crippen LogP contribution in [0.4, 0.5) is 0 Å². The van der Waals surface area contributed by atoms with Crippen LogP contribution in [0.2, 0.25) is 0 Å². The van der Waals surface area contributed by atoms with Crippen molar-refractivity contribution in [1.82, 2.24) is 19.6 Å². The smallest absolute Gasteiger partial charge is 0.0594 e. The van der Waals surface area contributed by atoms with E-state index in [1.165, 1.54) is 130 Å². The second-order valence-corrected chi connectivity index (χ2v) is 10.9. The van der Waals surface area contributed by atoms with Gasteiger partial charge in [-0.05, 0) is 109 Å². The van der Waals surface area contributed by atoms with E-state index in [0.29, 0.717) is 0 Å². The van der Waals surface area contributed by atoms with E-state index in [-0.39, 0.29) is 0 Å². The Balaban J connectivity index is 1.00. The highest BCUT2D eigenvalue weighted by Gasteiger charge is 2.23. The Labute approximate surface area is 192 Å². The van der Waals surface area contributed by atoms with Gasteiger partial charge in [0, 0.05) is 26.2 Å². The number of piperidine rings is 3. The summed E-state index contributed by atoms with van der Waals surface area (Å²) < 4.78 is 5.47. The van der Waals surface area contributed by atoms with Crippen molar-refractivity contribution in [2.45, 2.75) is 64.2 Å². The van der Waals surface area contributed by atoms with E-state index in [4.69, 9.17) is 4.74 Å². The summed E-state index contributed by atoms with van der Waals surface area (Å²) in [5.41, 5.74) is 0. The molecule has 5 nitrogen and oxygen atoms in total. The summed E-state index contributed by atoms with van der Waals surface area (Å²) in [6.07, 6.45) is 14.5. The van der Waals surface area contributed by atoms with Crippen LogP contribution in [0.25, 0.3) is 0 Å². The molecule has 0 amide bonds. The van der Waals surface area contributed by atoms with Gasteiger partial charge in [0.15, 0.2) is 0 Å². The molecule has 0 atom stereocenters. The first-order chi connectivity index (χ1) is 15.3. The lowest BCUT2D eigenvalue weighted by Gasteiger charge is -2.36. The van der Waals surface area contributed by atoms with Gasteiger partial charge in [0.05, 0.1) is 13.2 Å². The molecule has 5 heteroatoms. The van der Waals surface area contributed by atoms with E-state index in [1.54, 1.807) is 0 Å². The minimum atomic E-state index is 0.930. The molecule has 0 unspecified atom stereocenters. The maximum absolute atomic E-state index is 5.47. The fourth-order valence-corrected chi connectivity index (χ4v) is 6.28. The molecular formula is C26H50N4O. The fraction of sp³-hybridized carbons (Fsp3) is 1.00. The Morgan fingerprint density at radius 2 is 0.935 bits per heavy atom. The lowest BCUT2D eigenvalue weighted by Crippen LogP contribution is -2.43. The van der Waals surface area contributed by atoms with E-state index < -0.39 is 0 Å². The van der Waals surface area contributed by atoms with Crippen LogP contribution in [-0.4, -0.2) is 111 Å². The summed E-state index contributed by atoms with van der Waals surface area (Å²) >= 11 is 0. The molecule has 0 aromatic carbocycles. The number of ether oxygens (including phenoxy) is 1. The number of hydrogen-bond donors (Lipinski definition) is 0. The van der Waals surface area contributed by atoms with Crippen LogP contribution < -0.4 is 0 Å². The van der Waals surface area contributed by atoms with Crippen LogP contribution in [-0.2, 0) is 4.74 Å². The molecule has 0 bridgehead atoms. The third kappa shape index (κ3) is 8.58. The Morgan fingerprint density at radius 1 is 0.484 bits per heavy atom. The molecule has 0 aliphatic carbocycles. The SMILES string of the molecule is C1CCN(CCCN2CCC(CCC3CCN(CCN4CCOCC4)CC3)CC2)CC1. The van der Waals surface area contributed by atoms with Crippen molar-refractivity contribution in [2.75, 3.05) is 91.8 Å². The third-order valence-electron chi connectivity index (χ3n) is 8.63. The lowest BCUT2D eigenvalue weighted by molar-refractivity contribution is 0.0312. The summed E-state index contributed by atoms with van der Waals surface area (Å²) in [6, 6.07) is 0. The van der Waals surface area contributed by atoms with Crippen LogP contribution >= 0.6 is 0 Å². The summed E-state index contributed by atoms with van der Waals surface area (Å²) in [6.45, 7) is 17.4. The minimum absolute atomic E-state index is 0.930. The van der Waals surface area contributed by atoms with E-state index in [9.17, 15) is 0 Å². The van der Waals surface area contributed by atoms with Crippen molar-refractivity contribution in [1.29, 1.82) is 0 Å². The number of morpholine rings is 1. The molecule has 0 saturated carbocycles. The predicted molar refractivity (Wildman–Crippen MR) is 130 cm³/mol. The molecule has 4 heterocycles. The van der Waals surface area contributed by atoms with Crippen molar-refractivity contribution in [2.24, 2.45) is 11.8 Å². The Kier molecular flexibility index (Phi) is 10.4. The van der Waals surface area contributed by atoms with Gasteiger partial charge >= 0.3 is 0 Å². The molecule has 0 N–H and O–H groups in total. The molecule has 0 radical (unpaired) electrons. The maximum atomic E-state index is 5.47. The van der Waals surface area contributed by atoms with Gasteiger partial charge in [0.1, 0.15) is 0 Å². The zero-order chi connectivity index (χ0) is 21.1. The van der Waals surface area contributed by atoms with Gasteiger partial charge in [-0.1, -0.05) is 19.3 Å². The zero-order valence-electron chi connectivity index (χ0n) is 20.3. The summed E-state index contributed by atoms with van der Waals surface area (Å²) in [5.74, 6) is 2.01. The van der Waals surface area contributed by atoms with Gasteiger partial charge in [-0.3, -0.25) is 4.90 Å². The second kappa shape index (κ2) is 13.5. The summed E-state index contributed by atoms with van der Waals surface area (Å²) in [7, 11) is 0. The van der Waals surface area contributed by atoms with Gasteiger partial charge in [0.25, 0.3) is 0 Å². The van der Waals surface area contributed by atoms with Crippen molar-refractivity contribution in [3.8, 4) is 0 Å². The first-order valence-electron chi connectivity index (χ1n) is 13.8. The standard InChI is InChI=1S/C26H50N4O/c1-2-11-27(12-3-1)13-4-14-28-15-7-25(8-16-28)5-6-26-9-17-29(18-10-26)19-20-30-21-23-31-24-22-30/h25-26H,1-24H2. The molecule has 31 heavy (non-hydrogen) atoms. The molecule has 180 valence electrons. The predicted octanol–water partition coefficient (Wildman–Crippen LogP) is 3.40. The van der Waals surface area contributed by atoms with Crippen molar-refractivity contribution >= 4 is 0 Å². The lowest BCUT2D eigenvalue weighted by atomic mass is 9.85. The number of nitrogens with zero attached hydrogens (tertiary/aromatic N) is 4. The van der Waals surface area contributed by atoms with Crippen molar-refractivity contribution < 1.29 is 4.74 Å². The monoisotopic (exact) mass is 434 g/mol. The van der Waals surface area contributed by atoms with E-state index in [0.717, 1.165) is 38.1 Å². The van der Waals surface area contributed by atoms with Gasteiger partial charge < -0.3 is 19.4 Å². The molecule has 0 aromatic heterocycles. The third-order valence-corrected chi connectivity index (χ3v) is 8.63. The van der Waals surface area contributed by atoms with Crippen LogP contribution in [0.15, 0.2) is 0 Å². The zero-order valence-corrected chi connectivity index (χ0v) is 20.3. The highest BCUT2D eigenvalue weighted by atomic mass is 16.5. The molecule has 0 aromatic rings. The van der Waals surface area contributed by atoms with E-state index in [1.807, 2.05) is 0 Å². The number of hydrogen-bond acceptors (Lipinski definition) is 5. The van der Waals surface area contributed by atoms with Gasteiger partial charge in [-0.15, -0.1) is 0 Å². The van der Waals surface area contributed by atoms with Crippen molar-refractivity contribution in [3.05, 3.63) is 0 Å². The number of rotatable bonds is 10. The molecule has 0 spiro atoms. The maximum Gasteiger partial charge on any atom is 0.0594 e. The van der Waals surface area contributed by atoms with Gasteiger partial charge in [-0.2, -0.15) is 0 Å². The van der Waals surface area contributed by atoms with Crippen LogP contribution in [0.3, 0.4) is 0 Å². The van der Waals surface area contributed by atoms with E-state index >= 15 is 0 Å². The Hall–Kier alpha value is -0.200. The molecule has 4 aliphatic heterocycles. The molecular weight excluding hydrogens is 384 g/mol. The molecule has 4 fully saturated rings. The normalized spacial score (nSPS) is 27.1. The van der Waals surface area contributed by atoms with Crippen molar-refractivity contribution in [3.63, 3.8) is 0 Å². The molecule has 4 saturated heterocycles. The van der Waals surface area contributed by atoms with Crippen LogP contribution in [0, 0.1) is 11.8 Å². The second-order valence-electron chi connectivity index (χ2n) is 10.9. The minimum Gasteiger partial charge on any atom is -0.379 e. The summed E-state index contributed by atoms with van der Waals surface area (Å²) in [4.78, 5) is 10.8. The van der Waals surface area contributed by atoms with Gasteiger partial charge in [-0.25, -0.2) is 0 Å². The van der Waals surface area contributed by atoms with Crippen LogP contribution in [0.1, 0.15) is 64.2 Å². The average molecular weight is 435 g/mol. The first kappa shape index (κ1) is 23.9. The number of likely N-dealkylation sites (tertiary alicyclic amines) is 3. The quantitative estimate of drug-likeness (QED) is 0.524. The van der Waals surface area contributed by atoms with Gasteiger partial charge in [0.2, 0.25) is 0 Å². The largest absolute Gasteiger partial charge is 0.379 e. The van der Waals surface area contributed by atoms with E-state index in [2.05, 4.69) is 19.6 Å².